The van der Waals surface area contributed by atoms with Gasteiger partial charge in [0.1, 0.15) is 0 Å². The first-order valence-corrected chi connectivity index (χ1v) is 6.50. The van der Waals surface area contributed by atoms with Gasteiger partial charge in [0.25, 0.3) is 0 Å². The average Bonchev–Trinajstić information content (AvgIpc) is 2.40. The van der Waals surface area contributed by atoms with Gasteiger partial charge in [-0.05, 0) is 35.9 Å². The lowest BCUT2D eigenvalue weighted by Crippen LogP contribution is -1.93. The summed E-state index contributed by atoms with van der Waals surface area (Å²) < 4.78 is 0. The molecule has 4 heteroatoms. The van der Waals surface area contributed by atoms with Crippen LogP contribution < -0.4 is 5.73 Å². The lowest BCUT2D eigenvalue weighted by Gasteiger charge is -2.10. The van der Waals surface area contributed by atoms with Crippen molar-refractivity contribution >= 4 is 39.8 Å². The Bertz CT molecular complexity index is 747. The van der Waals surface area contributed by atoms with Crippen molar-refractivity contribution < 1.29 is 0 Å². The normalized spacial score (nSPS) is 10.8. The van der Waals surface area contributed by atoms with Crippen LogP contribution in [-0.2, 0) is 0 Å². The van der Waals surface area contributed by atoms with Gasteiger partial charge in [-0.25, -0.2) is 0 Å². The number of rotatable bonds is 1. The number of anilines is 1. The quantitative estimate of drug-likeness (QED) is 0.699. The molecule has 2 nitrogen and oxygen atoms in total. The Morgan fingerprint density at radius 2 is 1.58 bits per heavy atom. The maximum absolute atomic E-state index is 6.07. The highest BCUT2D eigenvalue weighted by molar-refractivity contribution is 6.31. The summed E-state index contributed by atoms with van der Waals surface area (Å²) in [6.07, 6.45) is 1.67. The van der Waals surface area contributed by atoms with Gasteiger partial charge in [-0.1, -0.05) is 35.3 Å². The number of hydrogen-bond donors (Lipinski definition) is 1. The van der Waals surface area contributed by atoms with Gasteiger partial charge in [0.2, 0.25) is 0 Å². The van der Waals surface area contributed by atoms with E-state index in [4.69, 9.17) is 28.9 Å². The van der Waals surface area contributed by atoms with Crippen molar-refractivity contribution in [2.75, 3.05) is 5.73 Å². The van der Waals surface area contributed by atoms with Gasteiger partial charge >= 0.3 is 0 Å². The minimum atomic E-state index is 0.622. The van der Waals surface area contributed by atoms with Gasteiger partial charge in [0.15, 0.2) is 0 Å². The van der Waals surface area contributed by atoms with Gasteiger partial charge in [0.05, 0.1) is 17.4 Å². The molecule has 0 fully saturated rings. The molecule has 0 saturated heterocycles. The molecule has 0 saturated carbocycles. The minimum Gasteiger partial charge on any atom is -0.397 e. The number of pyridine rings is 1. The second-order valence-corrected chi connectivity index (χ2v) is 5.13. The van der Waals surface area contributed by atoms with E-state index < -0.39 is 0 Å². The summed E-state index contributed by atoms with van der Waals surface area (Å²) in [5.41, 5.74) is 9.49. The van der Waals surface area contributed by atoms with Gasteiger partial charge in [0, 0.05) is 21.0 Å². The maximum Gasteiger partial charge on any atom is 0.0710 e. The van der Waals surface area contributed by atoms with E-state index in [0.29, 0.717) is 15.7 Å². The van der Waals surface area contributed by atoms with Gasteiger partial charge in [-0.2, -0.15) is 0 Å². The van der Waals surface area contributed by atoms with Gasteiger partial charge in [-0.3, -0.25) is 4.98 Å². The maximum atomic E-state index is 6.07. The zero-order chi connectivity index (χ0) is 13.4. The highest BCUT2D eigenvalue weighted by atomic mass is 35.5. The van der Waals surface area contributed by atoms with Crippen molar-refractivity contribution in [2.45, 2.75) is 0 Å². The van der Waals surface area contributed by atoms with Crippen LogP contribution in [0, 0.1) is 0 Å². The molecule has 2 N–H and O–H groups in total. The largest absolute Gasteiger partial charge is 0.397 e. The fraction of sp³-hybridized carbons (Fsp3) is 0. The predicted octanol–water partition coefficient (Wildman–Crippen LogP) is 4.79. The third kappa shape index (κ3) is 2.25. The zero-order valence-corrected chi connectivity index (χ0v) is 11.4. The molecule has 3 aromatic rings. The van der Waals surface area contributed by atoms with Crippen LogP contribution in [0.25, 0.3) is 22.0 Å². The summed E-state index contributed by atoms with van der Waals surface area (Å²) >= 11 is 12.0. The fourth-order valence-electron chi connectivity index (χ4n) is 2.12. The summed E-state index contributed by atoms with van der Waals surface area (Å²) in [5, 5.41) is 2.30. The van der Waals surface area contributed by atoms with Crippen molar-refractivity contribution in [1.29, 1.82) is 0 Å². The van der Waals surface area contributed by atoms with Crippen LogP contribution >= 0.6 is 23.2 Å². The molecular formula is C15H10Cl2N2. The van der Waals surface area contributed by atoms with Gasteiger partial charge in [-0.15, -0.1) is 0 Å². The lowest BCUT2D eigenvalue weighted by molar-refractivity contribution is 1.41. The summed E-state index contributed by atoms with van der Waals surface area (Å²) in [6.45, 7) is 0. The Balaban J connectivity index is 2.35. The van der Waals surface area contributed by atoms with E-state index >= 15 is 0 Å². The van der Waals surface area contributed by atoms with Crippen molar-refractivity contribution in [3.8, 4) is 11.1 Å². The van der Waals surface area contributed by atoms with E-state index in [0.717, 1.165) is 22.0 Å². The van der Waals surface area contributed by atoms with Crippen LogP contribution in [0.5, 0.6) is 0 Å². The average molecular weight is 289 g/mol. The number of aromatic nitrogens is 1. The molecule has 2 aromatic carbocycles. The topological polar surface area (TPSA) is 38.9 Å². The van der Waals surface area contributed by atoms with Crippen LogP contribution in [0.2, 0.25) is 10.0 Å². The lowest BCUT2D eigenvalue weighted by atomic mass is 10.00. The van der Waals surface area contributed by atoms with Gasteiger partial charge < -0.3 is 5.73 Å². The van der Waals surface area contributed by atoms with Crippen molar-refractivity contribution in [1.82, 2.24) is 4.98 Å². The van der Waals surface area contributed by atoms with Crippen LogP contribution in [0.1, 0.15) is 0 Å². The Hall–Kier alpha value is -1.77. The molecule has 0 unspecified atom stereocenters. The van der Waals surface area contributed by atoms with E-state index in [2.05, 4.69) is 4.98 Å². The highest BCUT2D eigenvalue weighted by Crippen LogP contribution is 2.34. The number of benzene rings is 2. The number of nitrogen functional groups attached to an aromatic ring is 1. The number of halogens is 2. The molecule has 1 aromatic heterocycles. The molecule has 0 bridgehead atoms. The molecule has 0 aliphatic carbocycles. The van der Waals surface area contributed by atoms with Crippen LogP contribution in [0.3, 0.4) is 0 Å². The van der Waals surface area contributed by atoms with Crippen LogP contribution in [-0.4, -0.2) is 4.98 Å². The van der Waals surface area contributed by atoms with E-state index in [-0.39, 0.29) is 0 Å². The van der Waals surface area contributed by atoms with E-state index in [1.54, 1.807) is 6.20 Å². The van der Waals surface area contributed by atoms with E-state index in [1.807, 2.05) is 42.5 Å². The van der Waals surface area contributed by atoms with E-state index in [9.17, 15) is 0 Å². The summed E-state index contributed by atoms with van der Waals surface area (Å²) in [4.78, 5) is 4.32. The minimum absolute atomic E-state index is 0.622. The number of fused-ring (bicyclic) bond motifs is 1. The summed E-state index contributed by atoms with van der Waals surface area (Å²) in [6, 6.07) is 13.1. The Morgan fingerprint density at radius 1 is 0.895 bits per heavy atom. The van der Waals surface area contributed by atoms with Crippen molar-refractivity contribution in [3.05, 3.63) is 58.7 Å². The first-order valence-electron chi connectivity index (χ1n) is 5.75. The molecule has 94 valence electrons. The number of hydrogen-bond acceptors (Lipinski definition) is 2. The van der Waals surface area contributed by atoms with Crippen LogP contribution in [0.4, 0.5) is 5.69 Å². The molecule has 0 atom stereocenters. The monoisotopic (exact) mass is 288 g/mol. The first-order chi connectivity index (χ1) is 9.15. The number of nitrogens with two attached hydrogens (primary N) is 1. The molecule has 0 radical (unpaired) electrons. The zero-order valence-electron chi connectivity index (χ0n) is 9.90. The molecule has 19 heavy (non-hydrogen) atoms. The van der Waals surface area contributed by atoms with Crippen molar-refractivity contribution in [3.63, 3.8) is 0 Å². The van der Waals surface area contributed by atoms with Crippen LogP contribution in [0.15, 0.2) is 48.7 Å². The molecule has 1 heterocycles. The van der Waals surface area contributed by atoms with Crippen molar-refractivity contribution in [2.24, 2.45) is 0 Å². The molecule has 0 aliphatic rings. The third-order valence-corrected chi connectivity index (χ3v) is 3.48. The predicted molar refractivity (Wildman–Crippen MR) is 81.6 cm³/mol. The molecule has 3 rings (SSSR count). The van der Waals surface area contributed by atoms with E-state index in [1.165, 1.54) is 0 Å². The number of nitrogens with zero attached hydrogens (tertiary/aromatic N) is 1. The molecule has 0 amide bonds. The summed E-state index contributed by atoms with van der Waals surface area (Å²) in [7, 11) is 0. The highest BCUT2D eigenvalue weighted by Gasteiger charge is 2.09. The standard InChI is InChI=1S/C15H10Cl2N2/c16-10-3-1-9(2-4-10)15-12-7-11(17)5-6-14(12)19-8-13(15)18/h1-8H,18H2. The fourth-order valence-corrected chi connectivity index (χ4v) is 2.42. The second kappa shape index (κ2) is 4.72. The Morgan fingerprint density at radius 3 is 2.32 bits per heavy atom. The SMILES string of the molecule is Nc1cnc2ccc(Cl)cc2c1-c1ccc(Cl)cc1. The third-order valence-electron chi connectivity index (χ3n) is 2.99. The summed E-state index contributed by atoms with van der Waals surface area (Å²) in [5.74, 6) is 0. The molecule has 0 aliphatic heterocycles. The molecule has 0 spiro atoms. The Labute approximate surface area is 120 Å². The second-order valence-electron chi connectivity index (χ2n) is 4.26. The Kier molecular flexibility index (Phi) is 3.05. The molecular weight excluding hydrogens is 279 g/mol. The smallest absolute Gasteiger partial charge is 0.0710 e. The first kappa shape index (κ1) is 12.3.